The van der Waals surface area contributed by atoms with Gasteiger partial charge in [0.2, 0.25) is 0 Å². The van der Waals surface area contributed by atoms with Gasteiger partial charge < -0.3 is 14.4 Å². The third-order valence-corrected chi connectivity index (χ3v) is 3.87. The first-order valence-corrected chi connectivity index (χ1v) is 6.67. The minimum absolute atomic E-state index is 0.0385. The molecule has 0 radical (unpaired) electrons. The summed E-state index contributed by atoms with van der Waals surface area (Å²) in [6, 6.07) is 3.49. The van der Waals surface area contributed by atoms with Gasteiger partial charge in [-0.3, -0.25) is 4.79 Å². The Hall–Kier alpha value is -1.23. The van der Waals surface area contributed by atoms with Gasteiger partial charge in [0.1, 0.15) is 16.0 Å². The van der Waals surface area contributed by atoms with E-state index in [0.717, 1.165) is 30.4 Å². The van der Waals surface area contributed by atoms with Crippen molar-refractivity contribution in [1.29, 1.82) is 0 Å². The van der Waals surface area contributed by atoms with E-state index in [1.54, 1.807) is 26.4 Å². The molecule has 0 spiro atoms. The quantitative estimate of drug-likeness (QED) is 0.861. The zero-order valence-electron chi connectivity index (χ0n) is 10.5. The SMILES string of the molecule is COc1cc(C(=O)N2CCCC2)cc(OC)c1Br. The zero-order valence-corrected chi connectivity index (χ0v) is 12.1. The van der Waals surface area contributed by atoms with Gasteiger partial charge in [0.25, 0.3) is 5.91 Å². The van der Waals surface area contributed by atoms with Crippen LogP contribution >= 0.6 is 15.9 Å². The summed E-state index contributed by atoms with van der Waals surface area (Å²) in [6.07, 6.45) is 2.16. The molecule has 0 atom stereocenters. The second kappa shape index (κ2) is 5.61. The highest BCUT2D eigenvalue weighted by Crippen LogP contribution is 2.36. The summed E-state index contributed by atoms with van der Waals surface area (Å²) in [5.74, 6) is 1.25. The molecule has 1 aliphatic rings. The number of halogens is 1. The van der Waals surface area contributed by atoms with Gasteiger partial charge in [-0.05, 0) is 40.9 Å². The summed E-state index contributed by atoms with van der Waals surface area (Å²) in [4.78, 5) is 14.2. The number of hydrogen-bond acceptors (Lipinski definition) is 3. The molecule has 0 bridgehead atoms. The molecule has 0 saturated carbocycles. The second-order valence-corrected chi connectivity index (χ2v) is 4.99. The lowest BCUT2D eigenvalue weighted by atomic mass is 10.1. The van der Waals surface area contributed by atoms with E-state index in [-0.39, 0.29) is 5.91 Å². The van der Waals surface area contributed by atoms with Crippen molar-refractivity contribution in [3.05, 3.63) is 22.2 Å². The zero-order chi connectivity index (χ0) is 13.1. The minimum Gasteiger partial charge on any atom is -0.495 e. The van der Waals surface area contributed by atoms with Gasteiger partial charge in [0, 0.05) is 18.7 Å². The standard InChI is InChI=1S/C13H16BrNO3/c1-17-10-7-9(8-11(18-2)12(10)14)13(16)15-5-3-4-6-15/h7-8H,3-6H2,1-2H3. The van der Waals surface area contributed by atoms with Gasteiger partial charge in [0.15, 0.2) is 0 Å². The Morgan fingerprint density at radius 2 is 1.67 bits per heavy atom. The molecule has 98 valence electrons. The van der Waals surface area contributed by atoms with Crippen LogP contribution in [-0.4, -0.2) is 38.1 Å². The van der Waals surface area contributed by atoms with E-state index in [1.807, 2.05) is 4.90 Å². The number of amides is 1. The van der Waals surface area contributed by atoms with Crippen molar-refractivity contribution in [1.82, 2.24) is 4.90 Å². The molecular weight excluding hydrogens is 298 g/mol. The van der Waals surface area contributed by atoms with Crippen molar-refractivity contribution in [2.24, 2.45) is 0 Å². The summed E-state index contributed by atoms with van der Waals surface area (Å²) in [5, 5.41) is 0. The Bertz CT molecular complexity index is 431. The number of rotatable bonds is 3. The number of carbonyl (C=O) groups is 1. The lowest BCUT2D eigenvalue weighted by molar-refractivity contribution is 0.0792. The number of benzene rings is 1. The number of carbonyl (C=O) groups excluding carboxylic acids is 1. The first kappa shape index (κ1) is 13.2. The molecule has 0 aliphatic carbocycles. The molecule has 1 aromatic carbocycles. The van der Waals surface area contributed by atoms with E-state index >= 15 is 0 Å². The summed E-state index contributed by atoms with van der Waals surface area (Å²) in [5.41, 5.74) is 0.605. The molecule has 1 saturated heterocycles. The normalized spacial score (nSPS) is 14.7. The average molecular weight is 314 g/mol. The molecule has 18 heavy (non-hydrogen) atoms. The maximum atomic E-state index is 12.3. The van der Waals surface area contributed by atoms with Gasteiger partial charge in [-0.2, -0.15) is 0 Å². The molecule has 1 heterocycles. The summed E-state index contributed by atoms with van der Waals surface area (Å²) >= 11 is 3.39. The van der Waals surface area contributed by atoms with E-state index in [1.165, 1.54) is 0 Å². The van der Waals surface area contributed by atoms with E-state index in [0.29, 0.717) is 17.1 Å². The van der Waals surface area contributed by atoms with Crippen molar-refractivity contribution in [2.75, 3.05) is 27.3 Å². The van der Waals surface area contributed by atoms with Crippen molar-refractivity contribution < 1.29 is 14.3 Å². The topological polar surface area (TPSA) is 38.8 Å². The summed E-state index contributed by atoms with van der Waals surface area (Å²) < 4.78 is 11.2. The van der Waals surface area contributed by atoms with Gasteiger partial charge in [0.05, 0.1) is 14.2 Å². The highest BCUT2D eigenvalue weighted by molar-refractivity contribution is 9.10. The van der Waals surface area contributed by atoms with E-state index in [2.05, 4.69) is 15.9 Å². The number of methoxy groups -OCH3 is 2. The van der Waals surface area contributed by atoms with Crippen LogP contribution in [0.2, 0.25) is 0 Å². The van der Waals surface area contributed by atoms with Crippen molar-refractivity contribution >= 4 is 21.8 Å². The molecule has 1 aliphatic heterocycles. The van der Waals surface area contributed by atoms with Gasteiger partial charge >= 0.3 is 0 Å². The van der Waals surface area contributed by atoms with Crippen LogP contribution in [0.5, 0.6) is 11.5 Å². The molecule has 4 nitrogen and oxygen atoms in total. The predicted octanol–water partition coefficient (Wildman–Crippen LogP) is 2.70. The minimum atomic E-state index is 0.0385. The molecule has 0 N–H and O–H groups in total. The molecule has 5 heteroatoms. The molecule has 0 unspecified atom stereocenters. The van der Waals surface area contributed by atoms with Crippen LogP contribution in [0.25, 0.3) is 0 Å². The predicted molar refractivity (Wildman–Crippen MR) is 72.4 cm³/mol. The Morgan fingerprint density at radius 3 is 2.11 bits per heavy atom. The summed E-state index contributed by atoms with van der Waals surface area (Å²) in [6.45, 7) is 1.67. The molecular formula is C13H16BrNO3. The molecule has 2 rings (SSSR count). The molecule has 1 aromatic rings. The van der Waals surface area contributed by atoms with Crippen LogP contribution in [0.15, 0.2) is 16.6 Å². The fraction of sp³-hybridized carbons (Fsp3) is 0.462. The maximum Gasteiger partial charge on any atom is 0.254 e. The average Bonchev–Trinajstić information content (AvgIpc) is 2.92. The fourth-order valence-corrected chi connectivity index (χ4v) is 2.65. The highest BCUT2D eigenvalue weighted by atomic mass is 79.9. The Labute approximate surface area is 115 Å². The largest absolute Gasteiger partial charge is 0.495 e. The molecule has 1 amide bonds. The first-order valence-electron chi connectivity index (χ1n) is 5.88. The van der Waals surface area contributed by atoms with Crippen LogP contribution in [0.1, 0.15) is 23.2 Å². The Kier molecular flexibility index (Phi) is 4.11. The van der Waals surface area contributed by atoms with Gasteiger partial charge in [-0.25, -0.2) is 0 Å². The van der Waals surface area contributed by atoms with Crippen molar-refractivity contribution in [3.8, 4) is 11.5 Å². The lowest BCUT2D eigenvalue weighted by Crippen LogP contribution is -2.27. The smallest absolute Gasteiger partial charge is 0.254 e. The second-order valence-electron chi connectivity index (χ2n) is 4.19. The monoisotopic (exact) mass is 313 g/mol. The summed E-state index contributed by atoms with van der Waals surface area (Å²) in [7, 11) is 3.15. The van der Waals surface area contributed by atoms with Crippen LogP contribution in [0.4, 0.5) is 0 Å². The van der Waals surface area contributed by atoms with Crippen LogP contribution in [0.3, 0.4) is 0 Å². The molecule has 1 fully saturated rings. The van der Waals surface area contributed by atoms with E-state index < -0.39 is 0 Å². The van der Waals surface area contributed by atoms with Crippen LogP contribution in [0, 0.1) is 0 Å². The third kappa shape index (κ3) is 2.46. The van der Waals surface area contributed by atoms with Crippen molar-refractivity contribution in [3.63, 3.8) is 0 Å². The lowest BCUT2D eigenvalue weighted by Gasteiger charge is -2.17. The Morgan fingerprint density at radius 1 is 1.17 bits per heavy atom. The fourth-order valence-electron chi connectivity index (χ4n) is 2.10. The number of ether oxygens (including phenoxy) is 2. The first-order chi connectivity index (χ1) is 8.67. The highest BCUT2D eigenvalue weighted by Gasteiger charge is 2.22. The maximum absolute atomic E-state index is 12.3. The number of hydrogen-bond donors (Lipinski definition) is 0. The van der Waals surface area contributed by atoms with E-state index in [4.69, 9.17) is 9.47 Å². The van der Waals surface area contributed by atoms with Crippen LogP contribution < -0.4 is 9.47 Å². The van der Waals surface area contributed by atoms with Crippen molar-refractivity contribution in [2.45, 2.75) is 12.8 Å². The van der Waals surface area contributed by atoms with Crippen LogP contribution in [-0.2, 0) is 0 Å². The van der Waals surface area contributed by atoms with E-state index in [9.17, 15) is 4.79 Å². The number of nitrogens with zero attached hydrogens (tertiary/aromatic N) is 1. The number of likely N-dealkylation sites (tertiary alicyclic amines) is 1. The van der Waals surface area contributed by atoms with Gasteiger partial charge in [-0.15, -0.1) is 0 Å². The Balaban J connectivity index is 2.35. The molecule has 0 aromatic heterocycles. The third-order valence-electron chi connectivity index (χ3n) is 3.09. The van der Waals surface area contributed by atoms with Gasteiger partial charge in [-0.1, -0.05) is 0 Å².